The van der Waals surface area contributed by atoms with Crippen LogP contribution in [0.25, 0.3) is 0 Å². The van der Waals surface area contributed by atoms with Crippen LogP contribution < -0.4 is 15.4 Å². The number of hydrogen-bond donors (Lipinski definition) is 2. The van der Waals surface area contributed by atoms with Gasteiger partial charge in [0.2, 0.25) is 0 Å². The van der Waals surface area contributed by atoms with Crippen molar-refractivity contribution in [1.29, 1.82) is 5.26 Å². The van der Waals surface area contributed by atoms with Crippen molar-refractivity contribution >= 4 is 39.6 Å². The molecule has 2 N–H and O–H groups in total. The van der Waals surface area contributed by atoms with Gasteiger partial charge in [-0.1, -0.05) is 26.8 Å². The van der Waals surface area contributed by atoms with E-state index in [1.165, 1.54) is 4.88 Å². The molecule has 1 aliphatic carbocycles. The molecule has 5 nitrogen and oxygen atoms in total. The smallest absolute Gasteiger partial charge is 0.257 e. The second kappa shape index (κ2) is 9.15. The molecule has 7 heteroatoms. The highest BCUT2D eigenvalue weighted by atomic mass is 32.1. The third-order valence-electron chi connectivity index (χ3n) is 5.46. The van der Waals surface area contributed by atoms with Crippen LogP contribution in [0.2, 0.25) is 0 Å². The van der Waals surface area contributed by atoms with Crippen molar-refractivity contribution in [1.82, 2.24) is 5.32 Å². The van der Waals surface area contributed by atoms with Crippen molar-refractivity contribution in [2.45, 2.75) is 47.0 Å². The maximum Gasteiger partial charge on any atom is 0.257 e. The van der Waals surface area contributed by atoms with Gasteiger partial charge >= 0.3 is 0 Å². The summed E-state index contributed by atoms with van der Waals surface area (Å²) in [6.45, 7) is 9.23. The van der Waals surface area contributed by atoms with Crippen molar-refractivity contribution in [3.63, 3.8) is 0 Å². The Balaban J connectivity index is 1.72. The van der Waals surface area contributed by atoms with E-state index in [0.717, 1.165) is 24.8 Å². The number of nitrogens with one attached hydrogen (secondary N) is 2. The van der Waals surface area contributed by atoms with E-state index in [2.05, 4.69) is 37.5 Å². The summed E-state index contributed by atoms with van der Waals surface area (Å²) in [6, 6.07) is 9.28. The number of anilines is 1. The lowest BCUT2D eigenvalue weighted by molar-refractivity contribution is 0.0977. The first-order valence-corrected chi connectivity index (χ1v) is 11.3. The molecule has 1 aliphatic rings. The van der Waals surface area contributed by atoms with Crippen LogP contribution in [-0.4, -0.2) is 17.6 Å². The molecular formula is C23H27N3O2S2. The fourth-order valence-corrected chi connectivity index (χ4v) is 5.28. The number of thiophene rings is 1. The number of benzene rings is 1. The highest BCUT2D eigenvalue weighted by molar-refractivity contribution is 7.80. The van der Waals surface area contributed by atoms with Crippen molar-refractivity contribution in [2.75, 3.05) is 11.9 Å². The van der Waals surface area contributed by atoms with Crippen LogP contribution in [-0.2, 0) is 12.8 Å². The topological polar surface area (TPSA) is 74.2 Å². The van der Waals surface area contributed by atoms with Crippen LogP contribution in [0.15, 0.2) is 24.3 Å². The molecule has 1 aromatic heterocycles. The molecule has 1 amide bonds. The van der Waals surface area contributed by atoms with E-state index in [1.54, 1.807) is 35.6 Å². The molecule has 0 aliphatic heterocycles. The van der Waals surface area contributed by atoms with Crippen molar-refractivity contribution < 1.29 is 9.53 Å². The Morgan fingerprint density at radius 1 is 1.40 bits per heavy atom. The summed E-state index contributed by atoms with van der Waals surface area (Å²) in [6.07, 6.45) is 2.96. The van der Waals surface area contributed by atoms with E-state index in [1.807, 2.05) is 6.92 Å². The molecule has 0 fully saturated rings. The Morgan fingerprint density at radius 3 is 2.83 bits per heavy atom. The van der Waals surface area contributed by atoms with Gasteiger partial charge in [-0.25, -0.2) is 0 Å². The van der Waals surface area contributed by atoms with Crippen molar-refractivity contribution in [3.05, 3.63) is 45.8 Å². The summed E-state index contributed by atoms with van der Waals surface area (Å²) >= 11 is 6.92. The largest absolute Gasteiger partial charge is 0.494 e. The van der Waals surface area contributed by atoms with Gasteiger partial charge in [0.25, 0.3) is 5.91 Å². The Hall–Kier alpha value is -2.43. The second-order valence-corrected chi connectivity index (χ2v) is 10.0. The zero-order valence-corrected chi connectivity index (χ0v) is 19.4. The van der Waals surface area contributed by atoms with E-state index in [-0.39, 0.29) is 16.4 Å². The molecule has 1 aromatic carbocycles. The normalized spacial score (nSPS) is 15.6. The first kappa shape index (κ1) is 22.3. The third-order valence-corrected chi connectivity index (χ3v) is 6.84. The first-order valence-electron chi connectivity index (χ1n) is 10.1. The van der Waals surface area contributed by atoms with Crippen LogP contribution in [0.3, 0.4) is 0 Å². The lowest BCUT2D eigenvalue weighted by Crippen LogP contribution is -2.34. The van der Waals surface area contributed by atoms with Gasteiger partial charge in [-0.2, -0.15) is 5.26 Å². The Kier molecular flexibility index (Phi) is 6.79. The zero-order chi connectivity index (χ0) is 21.9. The van der Waals surface area contributed by atoms with Gasteiger partial charge in [0.1, 0.15) is 16.8 Å². The SMILES string of the molecule is CCOc1cccc(C(=O)NC(=S)Nc2sc3c(c2C#N)CC[C@@H](C(C)(C)C)C3)c1. The fourth-order valence-electron chi connectivity index (χ4n) is 3.73. The molecule has 3 rings (SSSR count). The first-order chi connectivity index (χ1) is 14.2. The quantitative estimate of drug-likeness (QED) is 0.630. The zero-order valence-electron chi connectivity index (χ0n) is 17.8. The number of carbonyl (C=O) groups is 1. The number of nitriles is 1. The van der Waals surface area contributed by atoms with Crippen LogP contribution in [0.1, 0.15) is 60.5 Å². The van der Waals surface area contributed by atoms with Crippen LogP contribution in [0.4, 0.5) is 5.00 Å². The maximum absolute atomic E-state index is 12.5. The summed E-state index contributed by atoms with van der Waals surface area (Å²) in [5.41, 5.74) is 2.48. The van der Waals surface area contributed by atoms with Crippen LogP contribution in [0, 0.1) is 22.7 Å². The Morgan fingerprint density at radius 2 is 2.17 bits per heavy atom. The fraction of sp³-hybridized carbons (Fsp3) is 0.435. The Labute approximate surface area is 187 Å². The maximum atomic E-state index is 12.5. The average Bonchev–Trinajstić information content (AvgIpc) is 3.03. The van der Waals surface area contributed by atoms with Crippen molar-refractivity contribution in [2.24, 2.45) is 11.3 Å². The van der Waals surface area contributed by atoms with E-state index in [4.69, 9.17) is 17.0 Å². The number of carbonyl (C=O) groups excluding carboxylic acids is 1. The second-order valence-electron chi connectivity index (χ2n) is 8.49. The summed E-state index contributed by atoms with van der Waals surface area (Å²) in [4.78, 5) is 13.8. The van der Waals surface area contributed by atoms with Gasteiger partial charge in [0.05, 0.1) is 12.2 Å². The molecule has 30 heavy (non-hydrogen) atoms. The number of ether oxygens (including phenoxy) is 1. The molecule has 0 spiro atoms. The molecule has 1 atom stereocenters. The van der Waals surface area contributed by atoms with Gasteiger partial charge in [-0.05, 0) is 73.5 Å². The number of fused-ring (bicyclic) bond motifs is 1. The van der Waals surface area contributed by atoms with Gasteiger partial charge in [0.15, 0.2) is 5.11 Å². The van der Waals surface area contributed by atoms with E-state index in [9.17, 15) is 10.1 Å². The summed E-state index contributed by atoms with van der Waals surface area (Å²) in [5.74, 6) is 0.907. The summed E-state index contributed by atoms with van der Waals surface area (Å²) in [7, 11) is 0. The van der Waals surface area contributed by atoms with Crippen molar-refractivity contribution in [3.8, 4) is 11.8 Å². The number of nitrogens with zero attached hydrogens (tertiary/aromatic N) is 1. The van der Waals surface area contributed by atoms with Gasteiger partial charge in [-0.3, -0.25) is 10.1 Å². The monoisotopic (exact) mass is 441 g/mol. The predicted octanol–water partition coefficient (Wildman–Crippen LogP) is 5.30. The molecule has 0 unspecified atom stereocenters. The minimum Gasteiger partial charge on any atom is -0.494 e. The molecule has 0 saturated heterocycles. The molecule has 158 valence electrons. The average molecular weight is 442 g/mol. The lowest BCUT2D eigenvalue weighted by Gasteiger charge is -2.33. The van der Waals surface area contributed by atoms with Crippen LogP contribution in [0.5, 0.6) is 5.75 Å². The van der Waals surface area contributed by atoms with Gasteiger partial charge < -0.3 is 10.1 Å². The van der Waals surface area contributed by atoms with Gasteiger partial charge in [-0.15, -0.1) is 11.3 Å². The minimum atomic E-state index is -0.318. The number of thiocarbonyl (C=S) groups is 1. The van der Waals surface area contributed by atoms with Gasteiger partial charge in [0, 0.05) is 10.4 Å². The molecule has 0 bridgehead atoms. The molecule has 2 aromatic rings. The van der Waals surface area contributed by atoms with E-state index < -0.39 is 0 Å². The minimum absolute atomic E-state index is 0.185. The van der Waals surface area contributed by atoms with Crippen LogP contribution >= 0.6 is 23.6 Å². The standard InChI is InChI=1S/C23H27N3O2S2/c1-5-28-16-8-6-7-14(11-16)20(27)25-22(29)26-21-18(13-24)17-10-9-15(23(2,3)4)12-19(17)30-21/h6-8,11,15H,5,9-10,12H2,1-4H3,(H2,25,26,27,29)/t15-/m1/s1. The highest BCUT2D eigenvalue weighted by Crippen LogP contribution is 2.43. The number of hydrogen-bond acceptors (Lipinski definition) is 5. The Bertz CT molecular complexity index is 999. The molecule has 0 saturated carbocycles. The highest BCUT2D eigenvalue weighted by Gasteiger charge is 2.32. The summed E-state index contributed by atoms with van der Waals surface area (Å²) < 4.78 is 5.44. The number of rotatable bonds is 4. The molecule has 0 radical (unpaired) electrons. The number of amides is 1. The van der Waals surface area contributed by atoms with E-state index >= 15 is 0 Å². The predicted molar refractivity (Wildman–Crippen MR) is 125 cm³/mol. The molecule has 1 heterocycles. The third kappa shape index (κ3) is 5.00. The lowest BCUT2D eigenvalue weighted by atomic mass is 9.72. The summed E-state index contributed by atoms with van der Waals surface area (Å²) in [5, 5.41) is 16.4. The van der Waals surface area contributed by atoms with E-state index in [0.29, 0.717) is 34.4 Å². The molecular weight excluding hydrogens is 414 g/mol.